The Morgan fingerprint density at radius 1 is 0.600 bits per heavy atom. The van der Waals surface area contributed by atoms with Gasteiger partial charge < -0.3 is 50.7 Å². The Hall–Kier alpha value is -1.38. The van der Waals surface area contributed by atoms with Gasteiger partial charge in [0.15, 0.2) is 6.29 Å². The molecule has 326 valence electrons. The van der Waals surface area contributed by atoms with Gasteiger partial charge in [-0.1, -0.05) is 155 Å². The van der Waals surface area contributed by atoms with Crippen LogP contribution >= 0.6 is 0 Å². The van der Waals surface area contributed by atoms with Crippen LogP contribution in [0, 0.1) is 0 Å². The molecular formula is C43H84N2O10. The number of carbonyl (C=O) groups excluding carboxylic acids is 2. The highest BCUT2D eigenvalue weighted by molar-refractivity contribution is 5.76. The maximum absolute atomic E-state index is 13.0. The third-order valence-corrected chi connectivity index (χ3v) is 11.0. The van der Waals surface area contributed by atoms with Gasteiger partial charge in [0.1, 0.15) is 30.5 Å². The largest absolute Gasteiger partial charge is 0.394 e. The molecule has 0 unspecified atom stereocenters. The van der Waals surface area contributed by atoms with Crippen LogP contribution in [0.15, 0.2) is 0 Å². The molecule has 8 atom stereocenters. The highest BCUT2D eigenvalue weighted by Gasteiger charge is 2.44. The third kappa shape index (κ3) is 25.6. The second kappa shape index (κ2) is 34.6. The number of aliphatic hydroxyl groups excluding tert-OH is 6. The van der Waals surface area contributed by atoms with Crippen molar-refractivity contribution >= 4 is 11.8 Å². The molecule has 0 bridgehead atoms. The van der Waals surface area contributed by atoms with Gasteiger partial charge in [0.05, 0.1) is 25.4 Å². The molecule has 0 radical (unpaired) electrons. The van der Waals surface area contributed by atoms with Crippen molar-refractivity contribution < 1.29 is 49.7 Å². The summed E-state index contributed by atoms with van der Waals surface area (Å²) >= 11 is 0. The van der Waals surface area contributed by atoms with E-state index in [1.54, 1.807) is 0 Å². The molecule has 0 aromatic rings. The van der Waals surface area contributed by atoms with Crippen molar-refractivity contribution in [2.45, 2.75) is 243 Å². The Bertz CT molecular complexity index is 913. The van der Waals surface area contributed by atoms with Crippen LogP contribution < -0.4 is 10.6 Å². The molecular weight excluding hydrogens is 704 g/mol. The summed E-state index contributed by atoms with van der Waals surface area (Å²) in [5, 5.41) is 68.0. The van der Waals surface area contributed by atoms with Crippen molar-refractivity contribution in [1.82, 2.24) is 10.6 Å². The number of unbranched alkanes of at least 4 members (excludes halogenated alkanes) is 22. The zero-order valence-electron chi connectivity index (χ0n) is 34.9. The first-order valence-electron chi connectivity index (χ1n) is 22.5. The van der Waals surface area contributed by atoms with E-state index in [1.807, 2.05) is 0 Å². The molecule has 0 aromatic carbocycles. The molecule has 1 fully saturated rings. The van der Waals surface area contributed by atoms with E-state index in [0.29, 0.717) is 25.8 Å². The van der Waals surface area contributed by atoms with Crippen molar-refractivity contribution in [3.8, 4) is 0 Å². The molecule has 1 rings (SSSR count). The molecule has 12 nitrogen and oxygen atoms in total. The van der Waals surface area contributed by atoms with Crippen molar-refractivity contribution in [1.29, 1.82) is 0 Å². The van der Waals surface area contributed by atoms with Crippen molar-refractivity contribution in [3.63, 3.8) is 0 Å². The number of ether oxygens (including phenoxy) is 2. The van der Waals surface area contributed by atoms with E-state index in [-0.39, 0.29) is 24.8 Å². The molecule has 12 heteroatoms. The Kier molecular flexibility index (Phi) is 32.5. The first-order chi connectivity index (χ1) is 26.7. The molecule has 55 heavy (non-hydrogen) atoms. The lowest BCUT2D eigenvalue weighted by Crippen LogP contribution is -2.60. The zero-order chi connectivity index (χ0) is 40.5. The van der Waals surface area contributed by atoms with Crippen LogP contribution in [0.1, 0.15) is 194 Å². The van der Waals surface area contributed by atoms with E-state index >= 15 is 0 Å². The topological polar surface area (TPSA) is 198 Å². The van der Waals surface area contributed by atoms with Crippen molar-refractivity contribution in [2.24, 2.45) is 0 Å². The predicted octanol–water partition coefficient (Wildman–Crippen LogP) is 6.09. The summed E-state index contributed by atoms with van der Waals surface area (Å²) in [6.07, 6.45) is 19.4. The summed E-state index contributed by atoms with van der Waals surface area (Å²) in [7, 11) is 0. The minimum absolute atomic E-state index is 0.120. The van der Waals surface area contributed by atoms with Crippen LogP contribution in [0.5, 0.6) is 0 Å². The molecule has 1 saturated heterocycles. The van der Waals surface area contributed by atoms with Gasteiger partial charge in [0, 0.05) is 19.4 Å². The van der Waals surface area contributed by atoms with Gasteiger partial charge in [-0.3, -0.25) is 9.59 Å². The van der Waals surface area contributed by atoms with Crippen molar-refractivity contribution in [3.05, 3.63) is 0 Å². The lowest BCUT2D eigenvalue weighted by molar-refractivity contribution is -0.303. The monoisotopic (exact) mass is 789 g/mol. The van der Waals surface area contributed by atoms with Crippen LogP contribution in [0.3, 0.4) is 0 Å². The first-order valence-corrected chi connectivity index (χ1v) is 22.5. The summed E-state index contributed by atoms with van der Waals surface area (Å²) < 4.78 is 11.1. The zero-order valence-corrected chi connectivity index (χ0v) is 34.9. The summed E-state index contributed by atoms with van der Waals surface area (Å²) in [5.74, 6) is -0.193. The minimum Gasteiger partial charge on any atom is -0.394 e. The lowest BCUT2D eigenvalue weighted by Gasteiger charge is -2.40. The third-order valence-electron chi connectivity index (χ3n) is 11.0. The highest BCUT2D eigenvalue weighted by atomic mass is 16.7. The smallest absolute Gasteiger partial charge is 0.220 e. The molecule has 8 N–H and O–H groups in total. The molecule has 1 aliphatic rings. The minimum atomic E-state index is -1.62. The van der Waals surface area contributed by atoms with Crippen LogP contribution in [-0.4, -0.2) is 111 Å². The summed E-state index contributed by atoms with van der Waals surface area (Å²) in [4.78, 5) is 25.1. The summed E-state index contributed by atoms with van der Waals surface area (Å²) in [5.41, 5.74) is 0. The fourth-order valence-corrected chi connectivity index (χ4v) is 7.22. The van der Waals surface area contributed by atoms with Gasteiger partial charge in [0.2, 0.25) is 11.8 Å². The fraction of sp³-hybridized carbons (Fsp3) is 0.953. The molecule has 2 amide bonds. The van der Waals surface area contributed by atoms with Crippen LogP contribution in [0.4, 0.5) is 0 Å². The maximum Gasteiger partial charge on any atom is 0.220 e. The standard InChI is InChI=1S/C43H84N2O10/c1-3-5-7-9-11-13-14-15-16-17-20-24-28-35(47)39(50)34(33-54-43-42(53)41(52)40(51)36(32-46)55-43)45-38(49)30-26-22-19-23-27-31-44-37(48)29-25-21-18-12-10-8-6-4-2/h34-36,39-43,46-47,50-53H,3-33H2,1-2H3,(H,44,48)(H,45,49)/t34-,35+,36+,39-,40-,41-,42+,43-/m0/s1. The van der Waals surface area contributed by atoms with Gasteiger partial charge >= 0.3 is 0 Å². The quantitative estimate of drug-likeness (QED) is 0.0341. The number of aliphatic hydroxyl groups is 6. The van der Waals surface area contributed by atoms with Gasteiger partial charge in [-0.2, -0.15) is 0 Å². The average molecular weight is 789 g/mol. The summed E-state index contributed by atoms with van der Waals surface area (Å²) in [6, 6.07) is -1.03. The second-order valence-corrected chi connectivity index (χ2v) is 16.0. The molecule has 1 aliphatic heterocycles. The lowest BCUT2D eigenvalue weighted by atomic mass is 9.98. The number of hydrogen-bond donors (Lipinski definition) is 8. The molecule has 0 aromatic heterocycles. The van der Waals surface area contributed by atoms with Gasteiger partial charge in [-0.05, 0) is 25.7 Å². The van der Waals surface area contributed by atoms with E-state index in [9.17, 15) is 40.2 Å². The number of carbonyl (C=O) groups is 2. The Balaban J connectivity index is 2.41. The molecule has 0 spiro atoms. The Morgan fingerprint density at radius 2 is 1.05 bits per heavy atom. The fourth-order valence-electron chi connectivity index (χ4n) is 7.22. The molecule has 0 aliphatic carbocycles. The predicted molar refractivity (Wildman–Crippen MR) is 217 cm³/mol. The second-order valence-electron chi connectivity index (χ2n) is 16.0. The molecule has 0 saturated carbocycles. The van der Waals surface area contributed by atoms with E-state index in [0.717, 1.165) is 64.2 Å². The number of rotatable bonds is 37. The van der Waals surface area contributed by atoms with Crippen molar-refractivity contribution in [2.75, 3.05) is 19.8 Å². The first kappa shape index (κ1) is 51.6. The highest BCUT2D eigenvalue weighted by Crippen LogP contribution is 2.23. The maximum atomic E-state index is 13.0. The average Bonchev–Trinajstić information content (AvgIpc) is 3.18. The number of amides is 2. The SMILES string of the molecule is CCCCCCCCCCCCCC[C@@H](O)[C@@H](O)[C@H](CO[C@H]1O[C@H](CO)[C@H](O)[C@H](O)[C@H]1O)NC(=O)CCCCCCCNC(=O)CCCCCCCCCC. The van der Waals surface area contributed by atoms with Gasteiger partial charge in [-0.25, -0.2) is 0 Å². The van der Waals surface area contributed by atoms with Gasteiger partial charge in [0.25, 0.3) is 0 Å². The van der Waals surface area contributed by atoms with E-state index in [2.05, 4.69) is 24.5 Å². The van der Waals surface area contributed by atoms with Crippen LogP contribution in [0.2, 0.25) is 0 Å². The van der Waals surface area contributed by atoms with Crippen LogP contribution in [0.25, 0.3) is 0 Å². The van der Waals surface area contributed by atoms with E-state index in [1.165, 1.54) is 89.9 Å². The summed E-state index contributed by atoms with van der Waals surface area (Å²) in [6.45, 7) is 4.16. The van der Waals surface area contributed by atoms with E-state index < -0.39 is 55.6 Å². The number of hydrogen-bond acceptors (Lipinski definition) is 10. The molecule has 1 heterocycles. The number of nitrogens with one attached hydrogen (secondary N) is 2. The Morgan fingerprint density at radius 3 is 1.56 bits per heavy atom. The van der Waals surface area contributed by atoms with E-state index in [4.69, 9.17) is 9.47 Å². The van der Waals surface area contributed by atoms with Crippen LogP contribution in [-0.2, 0) is 19.1 Å². The van der Waals surface area contributed by atoms with Gasteiger partial charge in [-0.15, -0.1) is 0 Å². The normalized spacial score (nSPS) is 21.6. The Labute approximate surface area is 333 Å².